The first kappa shape index (κ1) is 15.3. The lowest BCUT2D eigenvalue weighted by atomic mass is 10.1. The van der Waals surface area contributed by atoms with Crippen LogP contribution in [0.2, 0.25) is 5.02 Å². The highest BCUT2D eigenvalue weighted by Gasteiger charge is 2.08. The number of benzene rings is 1. The van der Waals surface area contributed by atoms with Gasteiger partial charge in [0.05, 0.1) is 17.2 Å². The van der Waals surface area contributed by atoms with Gasteiger partial charge in [-0.15, -0.1) is 0 Å². The van der Waals surface area contributed by atoms with Crippen LogP contribution in [0.3, 0.4) is 0 Å². The number of nitrogens with one attached hydrogen (secondary N) is 1. The molecule has 0 aromatic heterocycles. The number of hydrogen-bond donors (Lipinski definition) is 1. The van der Waals surface area contributed by atoms with E-state index in [1.54, 1.807) is 25.1 Å². The van der Waals surface area contributed by atoms with Crippen LogP contribution in [0.5, 0.6) is 0 Å². The summed E-state index contributed by atoms with van der Waals surface area (Å²) in [5.41, 5.74) is 1.28. The Kier molecular flexibility index (Phi) is 6.17. The number of rotatable bonds is 6. The third kappa shape index (κ3) is 5.19. The molecule has 1 aromatic rings. The van der Waals surface area contributed by atoms with Gasteiger partial charge in [-0.1, -0.05) is 11.6 Å². The largest absolute Gasteiger partial charge is 0.466 e. The number of nitrogens with zero attached hydrogens (tertiary/aromatic N) is 1. The van der Waals surface area contributed by atoms with E-state index in [2.05, 4.69) is 5.32 Å². The van der Waals surface area contributed by atoms with Gasteiger partial charge in [-0.3, -0.25) is 4.79 Å². The minimum atomic E-state index is -0.186. The van der Waals surface area contributed by atoms with E-state index in [1.165, 1.54) is 0 Å². The highest BCUT2D eigenvalue weighted by molar-refractivity contribution is 6.32. The van der Waals surface area contributed by atoms with Crippen molar-refractivity contribution in [3.63, 3.8) is 0 Å². The molecular formula is C14H17ClN2O2. The lowest BCUT2D eigenvalue weighted by Crippen LogP contribution is -2.17. The summed E-state index contributed by atoms with van der Waals surface area (Å²) in [7, 11) is 0. The van der Waals surface area contributed by atoms with Crippen LogP contribution in [0.1, 0.15) is 32.3 Å². The van der Waals surface area contributed by atoms with Gasteiger partial charge in [0.1, 0.15) is 6.07 Å². The normalized spacial score (nSPS) is 11.5. The molecular weight excluding hydrogens is 264 g/mol. The second-order valence-electron chi connectivity index (χ2n) is 4.20. The summed E-state index contributed by atoms with van der Waals surface area (Å²) in [5.74, 6) is -0.186. The molecule has 0 aliphatic rings. The lowest BCUT2D eigenvalue weighted by Gasteiger charge is -2.15. The van der Waals surface area contributed by atoms with E-state index in [0.29, 0.717) is 30.0 Å². The van der Waals surface area contributed by atoms with Crippen molar-refractivity contribution in [2.24, 2.45) is 0 Å². The van der Waals surface area contributed by atoms with Crippen molar-refractivity contribution < 1.29 is 9.53 Å². The van der Waals surface area contributed by atoms with Gasteiger partial charge in [-0.05, 0) is 38.5 Å². The number of halogens is 1. The SMILES string of the molecule is CCOC(=O)CCC(C)Nc1ccc(C#N)c(Cl)c1. The number of carbonyl (C=O) groups is 1. The van der Waals surface area contributed by atoms with Gasteiger partial charge in [-0.25, -0.2) is 0 Å². The number of carbonyl (C=O) groups excluding carboxylic acids is 1. The Balaban J connectivity index is 2.48. The molecule has 1 aromatic carbocycles. The molecule has 4 nitrogen and oxygen atoms in total. The highest BCUT2D eigenvalue weighted by Crippen LogP contribution is 2.21. The van der Waals surface area contributed by atoms with Crippen LogP contribution in [0.15, 0.2) is 18.2 Å². The summed E-state index contributed by atoms with van der Waals surface area (Å²) in [6, 6.07) is 7.30. The van der Waals surface area contributed by atoms with Crippen molar-refractivity contribution in [3.8, 4) is 6.07 Å². The van der Waals surface area contributed by atoms with Gasteiger partial charge in [0, 0.05) is 18.2 Å². The van der Waals surface area contributed by atoms with Crippen molar-refractivity contribution in [2.75, 3.05) is 11.9 Å². The lowest BCUT2D eigenvalue weighted by molar-refractivity contribution is -0.143. The zero-order chi connectivity index (χ0) is 14.3. The zero-order valence-corrected chi connectivity index (χ0v) is 11.8. The first-order valence-corrected chi connectivity index (χ1v) is 6.56. The summed E-state index contributed by atoms with van der Waals surface area (Å²) in [6.45, 7) is 4.18. The standard InChI is InChI=1S/C14H17ClN2O2/c1-3-19-14(18)7-4-10(2)17-12-6-5-11(9-16)13(15)8-12/h5-6,8,10,17H,3-4,7H2,1-2H3. The van der Waals surface area contributed by atoms with Crippen molar-refractivity contribution in [3.05, 3.63) is 28.8 Å². The molecule has 19 heavy (non-hydrogen) atoms. The van der Waals surface area contributed by atoms with E-state index in [9.17, 15) is 4.79 Å². The minimum absolute atomic E-state index is 0.119. The van der Waals surface area contributed by atoms with Gasteiger partial charge >= 0.3 is 5.97 Å². The average molecular weight is 281 g/mol. The number of nitriles is 1. The summed E-state index contributed by atoms with van der Waals surface area (Å²) in [6.07, 6.45) is 1.06. The fourth-order valence-corrected chi connectivity index (χ4v) is 1.84. The van der Waals surface area contributed by atoms with E-state index in [0.717, 1.165) is 5.69 Å². The quantitative estimate of drug-likeness (QED) is 0.812. The Hall–Kier alpha value is -1.73. The molecule has 0 saturated carbocycles. The first-order valence-electron chi connectivity index (χ1n) is 6.18. The molecule has 0 fully saturated rings. The van der Waals surface area contributed by atoms with Crippen LogP contribution in [-0.2, 0) is 9.53 Å². The second kappa shape index (κ2) is 7.65. The van der Waals surface area contributed by atoms with Crippen LogP contribution < -0.4 is 5.32 Å². The summed E-state index contributed by atoms with van der Waals surface area (Å²) in [4.78, 5) is 11.2. The molecule has 5 heteroatoms. The predicted octanol–water partition coefficient (Wildman–Crippen LogP) is 3.36. The average Bonchev–Trinajstić information content (AvgIpc) is 2.37. The maximum absolute atomic E-state index is 11.2. The fraction of sp³-hybridized carbons (Fsp3) is 0.429. The Morgan fingerprint density at radius 3 is 2.89 bits per heavy atom. The monoisotopic (exact) mass is 280 g/mol. The van der Waals surface area contributed by atoms with Crippen LogP contribution in [0.25, 0.3) is 0 Å². The van der Waals surface area contributed by atoms with E-state index in [1.807, 2.05) is 13.0 Å². The topological polar surface area (TPSA) is 62.1 Å². The molecule has 1 unspecified atom stereocenters. The Labute approximate surface area is 118 Å². The highest BCUT2D eigenvalue weighted by atomic mass is 35.5. The van der Waals surface area contributed by atoms with E-state index in [4.69, 9.17) is 21.6 Å². The van der Waals surface area contributed by atoms with Crippen molar-refractivity contribution in [1.29, 1.82) is 5.26 Å². The molecule has 1 rings (SSSR count). The summed E-state index contributed by atoms with van der Waals surface area (Å²) < 4.78 is 4.87. The zero-order valence-electron chi connectivity index (χ0n) is 11.1. The third-order valence-corrected chi connectivity index (χ3v) is 2.90. The second-order valence-corrected chi connectivity index (χ2v) is 4.60. The third-order valence-electron chi connectivity index (χ3n) is 2.59. The Morgan fingerprint density at radius 1 is 1.58 bits per heavy atom. The molecule has 0 amide bonds. The van der Waals surface area contributed by atoms with Gasteiger partial charge in [-0.2, -0.15) is 5.26 Å². The molecule has 0 spiro atoms. The van der Waals surface area contributed by atoms with Crippen LogP contribution >= 0.6 is 11.6 Å². The number of esters is 1. The number of anilines is 1. The van der Waals surface area contributed by atoms with Gasteiger partial charge < -0.3 is 10.1 Å². The van der Waals surface area contributed by atoms with E-state index < -0.39 is 0 Å². The van der Waals surface area contributed by atoms with Crippen molar-refractivity contribution in [1.82, 2.24) is 0 Å². The van der Waals surface area contributed by atoms with E-state index >= 15 is 0 Å². The first-order chi connectivity index (χ1) is 9.06. The van der Waals surface area contributed by atoms with Crippen molar-refractivity contribution in [2.45, 2.75) is 32.7 Å². The minimum Gasteiger partial charge on any atom is -0.466 e. The van der Waals surface area contributed by atoms with Crippen LogP contribution in [-0.4, -0.2) is 18.6 Å². The molecule has 0 saturated heterocycles. The smallest absolute Gasteiger partial charge is 0.305 e. The molecule has 1 N–H and O–H groups in total. The van der Waals surface area contributed by atoms with Gasteiger partial charge in [0.2, 0.25) is 0 Å². The number of ether oxygens (including phenoxy) is 1. The molecule has 0 aliphatic heterocycles. The number of hydrogen-bond acceptors (Lipinski definition) is 4. The van der Waals surface area contributed by atoms with Crippen LogP contribution in [0.4, 0.5) is 5.69 Å². The Bertz CT molecular complexity index is 483. The summed E-state index contributed by atoms with van der Waals surface area (Å²) >= 11 is 5.95. The maximum atomic E-state index is 11.2. The molecule has 0 heterocycles. The molecule has 1 atom stereocenters. The predicted molar refractivity (Wildman–Crippen MR) is 75.1 cm³/mol. The molecule has 0 radical (unpaired) electrons. The van der Waals surface area contributed by atoms with Crippen molar-refractivity contribution >= 4 is 23.3 Å². The molecule has 102 valence electrons. The maximum Gasteiger partial charge on any atom is 0.305 e. The molecule has 0 aliphatic carbocycles. The van der Waals surface area contributed by atoms with Gasteiger partial charge in [0.25, 0.3) is 0 Å². The Morgan fingerprint density at radius 2 is 2.32 bits per heavy atom. The molecule has 0 bridgehead atoms. The van der Waals surface area contributed by atoms with Gasteiger partial charge in [0.15, 0.2) is 0 Å². The summed E-state index contributed by atoms with van der Waals surface area (Å²) in [5, 5.41) is 12.4. The van der Waals surface area contributed by atoms with E-state index in [-0.39, 0.29) is 12.0 Å². The fourth-order valence-electron chi connectivity index (χ4n) is 1.62. The van der Waals surface area contributed by atoms with Crippen LogP contribution in [0, 0.1) is 11.3 Å².